The number of esters is 1. The van der Waals surface area contributed by atoms with Crippen molar-refractivity contribution in [2.45, 2.75) is 12.6 Å². The molecule has 0 aliphatic carbocycles. The molecular formula is C19H22N2O3. The van der Waals surface area contributed by atoms with E-state index >= 15 is 0 Å². The van der Waals surface area contributed by atoms with E-state index in [1.54, 1.807) is 0 Å². The first kappa shape index (κ1) is 16.6. The first-order valence-corrected chi connectivity index (χ1v) is 8.17. The predicted molar refractivity (Wildman–Crippen MR) is 90.4 cm³/mol. The molecule has 1 saturated heterocycles. The first-order valence-electron chi connectivity index (χ1n) is 8.17. The van der Waals surface area contributed by atoms with Gasteiger partial charge in [-0.3, -0.25) is 4.90 Å². The monoisotopic (exact) mass is 326 g/mol. The molecule has 1 heterocycles. The lowest BCUT2D eigenvalue weighted by Crippen LogP contribution is -2.48. The van der Waals surface area contributed by atoms with E-state index in [9.17, 15) is 10.0 Å². The second-order valence-electron chi connectivity index (χ2n) is 5.90. The maximum Gasteiger partial charge on any atom is 0.328 e. The van der Waals surface area contributed by atoms with Gasteiger partial charge < -0.3 is 9.94 Å². The first-order chi connectivity index (χ1) is 11.7. The summed E-state index contributed by atoms with van der Waals surface area (Å²) in [5.74, 6) is -0.253. The highest BCUT2D eigenvalue weighted by atomic mass is 16.5. The molecule has 1 atom stereocenters. The highest BCUT2D eigenvalue weighted by Crippen LogP contribution is 2.24. The number of hydroxylamine groups is 2. The molecule has 0 spiro atoms. The minimum absolute atomic E-state index is 0.253. The van der Waals surface area contributed by atoms with Crippen LogP contribution in [0.2, 0.25) is 0 Å². The Morgan fingerprint density at radius 2 is 1.54 bits per heavy atom. The third-order valence-electron chi connectivity index (χ3n) is 4.22. The smallest absolute Gasteiger partial charge is 0.328 e. The number of hydrogen-bond acceptors (Lipinski definition) is 5. The van der Waals surface area contributed by atoms with Crippen molar-refractivity contribution < 1.29 is 14.7 Å². The van der Waals surface area contributed by atoms with Crippen molar-refractivity contribution in [2.75, 3.05) is 26.2 Å². The molecule has 2 aromatic rings. The number of carbonyl (C=O) groups is 1. The Labute approximate surface area is 142 Å². The van der Waals surface area contributed by atoms with Crippen LogP contribution in [0.4, 0.5) is 0 Å². The Hall–Kier alpha value is -2.21. The van der Waals surface area contributed by atoms with E-state index in [1.165, 1.54) is 5.06 Å². The van der Waals surface area contributed by atoms with Gasteiger partial charge in [0.1, 0.15) is 12.6 Å². The lowest BCUT2D eigenvalue weighted by molar-refractivity contribution is -0.158. The minimum Gasteiger partial charge on any atom is -0.459 e. The number of nitrogens with zero attached hydrogens (tertiary/aromatic N) is 2. The van der Waals surface area contributed by atoms with Crippen molar-refractivity contribution in [3.05, 3.63) is 71.8 Å². The third-order valence-corrected chi connectivity index (χ3v) is 4.22. The summed E-state index contributed by atoms with van der Waals surface area (Å²) < 4.78 is 5.57. The predicted octanol–water partition coefficient (Wildman–Crippen LogP) is 2.48. The molecule has 1 N–H and O–H groups in total. The van der Waals surface area contributed by atoms with E-state index in [-0.39, 0.29) is 12.6 Å². The number of ether oxygens (including phenoxy) is 1. The van der Waals surface area contributed by atoms with Crippen LogP contribution < -0.4 is 0 Å². The maximum absolute atomic E-state index is 12.8. The quantitative estimate of drug-likeness (QED) is 0.856. The molecule has 3 rings (SSSR count). The fourth-order valence-corrected chi connectivity index (χ4v) is 2.91. The Morgan fingerprint density at radius 1 is 0.958 bits per heavy atom. The van der Waals surface area contributed by atoms with E-state index in [4.69, 9.17) is 4.74 Å². The molecular weight excluding hydrogens is 304 g/mol. The Bertz CT molecular complexity index is 640. The average Bonchev–Trinajstić information content (AvgIpc) is 2.64. The van der Waals surface area contributed by atoms with Crippen molar-refractivity contribution >= 4 is 5.97 Å². The highest BCUT2D eigenvalue weighted by molar-refractivity contribution is 5.77. The summed E-state index contributed by atoms with van der Waals surface area (Å²) in [7, 11) is 0. The summed E-state index contributed by atoms with van der Waals surface area (Å²) in [6, 6.07) is 18.9. The summed E-state index contributed by atoms with van der Waals surface area (Å²) in [4.78, 5) is 14.8. The van der Waals surface area contributed by atoms with Crippen LogP contribution in [0.1, 0.15) is 17.2 Å². The molecule has 0 radical (unpaired) electrons. The van der Waals surface area contributed by atoms with Gasteiger partial charge in [0.25, 0.3) is 0 Å². The van der Waals surface area contributed by atoms with E-state index in [2.05, 4.69) is 4.90 Å². The van der Waals surface area contributed by atoms with Crippen LogP contribution in [-0.2, 0) is 16.1 Å². The van der Waals surface area contributed by atoms with Crippen LogP contribution in [0.15, 0.2) is 60.7 Å². The maximum atomic E-state index is 12.8. The van der Waals surface area contributed by atoms with Gasteiger partial charge in [-0.2, -0.15) is 5.06 Å². The van der Waals surface area contributed by atoms with E-state index in [1.807, 2.05) is 60.7 Å². The number of benzene rings is 2. The van der Waals surface area contributed by atoms with E-state index < -0.39 is 6.04 Å². The van der Waals surface area contributed by atoms with Crippen LogP contribution in [0.5, 0.6) is 0 Å². The molecule has 2 aromatic carbocycles. The molecule has 1 fully saturated rings. The fraction of sp³-hybridized carbons (Fsp3) is 0.316. The standard InChI is InChI=1S/C19H22N2O3/c22-19(24-15-16-7-3-1-4-8-16)18(17-9-5-2-6-10-17)20-11-13-21(23)14-12-20/h1-10,18,23H,11-15H2. The molecule has 5 nitrogen and oxygen atoms in total. The number of rotatable bonds is 5. The molecule has 0 saturated carbocycles. The molecule has 0 aromatic heterocycles. The number of piperazine rings is 1. The third kappa shape index (κ3) is 4.20. The Balaban J connectivity index is 1.72. The fourth-order valence-electron chi connectivity index (χ4n) is 2.91. The molecule has 0 amide bonds. The average molecular weight is 326 g/mol. The van der Waals surface area contributed by atoms with Gasteiger partial charge in [0, 0.05) is 26.2 Å². The molecule has 1 aliphatic heterocycles. The van der Waals surface area contributed by atoms with Crippen molar-refractivity contribution in [1.29, 1.82) is 0 Å². The molecule has 1 unspecified atom stereocenters. The molecule has 24 heavy (non-hydrogen) atoms. The Kier molecular flexibility index (Phi) is 5.59. The van der Waals surface area contributed by atoms with Crippen molar-refractivity contribution in [1.82, 2.24) is 9.96 Å². The topological polar surface area (TPSA) is 53.0 Å². The summed E-state index contributed by atoms with van der Waals surface area (Å²) in [6.45, 7) is 2.56. The van der Waals surface area contributed by atoms with Gasteiger partial charge in [0.05, 0.1) is 0 Å². The van der Waals surface area contributed by atoms with Gasteiger partial charge in [0.2, 0.25) is 0 Å². The molecule has 126 valence electrons. The van der Waals surface area contributed by atoms with Crippen molar-refractivity contribution in [3.63, 3.8) is 0 Å². The van der Waals surface area contributed by atoms with Crippen LogP contribution in [0.25, 0.3) is 0 Å². The largest absolute Gasteiger partial charge is 0.459 e. The summed E-state index contributed by atoms with van der Waals surface area (Å²) in [5.41, 5.74) is 1.89. The lowest BCUT2D eigenvalue weighted by Gasteiger charge is -2.36. The zero-order valence-electron chi connectivity index (χ0n) is 13.5. The summed E-state index contributed by atoms with van der Waals surface area (Å²) in [6.07, 6.45) is 0. The highest BCUT2D eigenvalue weighted by Gasteiger charge is 2.31. The molecule has 0 bridgehead atoms. The normalized spacial score (nSPS) is 17.4. The molecule has 5 heteroatoms. The van der Waals surface area contributed by atoms with Gasteiger partial charge in [0.15, 0.2) is 0 Å². The summed E-state index contributed by atoms with van der Waals surface area (Å²) >= 11 is 0. The van der Waals surface area contributed by atoms with Crippen LogP contribution >= 0.6 is 0 Å². The van der Waals surface area contributed by atoms with E-state index in [0.29, 0.717) is 26.2 Å². The number of carbonyl (C=O) groups excluding carboxylic acids is 1. The SMILES string of the molecule is O=C(OCc1ccccc1)C(c1ccccc1)N1CCN(O)CC1. The van der Waals surface area contributed by atoms with Gasteiger partial charge >= 0.3 is 5.97 Å². The minimum atomic E-state index is -0.441. The van der Waals surface area contributed by atoms with Crippen LogP contribution in [0, 0.1) is 0 Å². The van der Waals surface area contributed by atoms with Crippen LogP contribution in [0.3, 0.4) is 0 Å². The second kappa shape index (κ2) is 8.06. The van der Waals surface area contributed by atoms with Gasteiger partial charge in [-0.1, -0.05) is 60.7 Å². The summed E-state index contributed by atoms with van der Waals surface area (Å²) in [5, 5.41) is 10.8. The van der Waals surface area contributed by atoms with Crippen LogP contribution in [-0.4, -0.2) is 47.3 Å². The lowest BCUT2D eigenvalue weighted by atomic mass is 10.0. The van der Waals surface area contributed by atoms with Crippen molar-refractivity contribution in [3.8, 4) is 0 Å². The zero-order valence-corrected chi connectivity index (χ0v) is 13.5. The van der Waals surface area contributed by atoms with Gasteiger partial charge in [-0.15, -0.1) is 0 Å². The molecule has 1 aliphatic rings. The Morgan fingerprint density at radius 3 is 2.17 bits per heavy atom. The van der Waals surface area contributed by atoms with Crippen molar-refractivity contribution in [2.24, 2.45) is 0 Å². The van der Waals surface area contributed by atoms with Gasteiger partial charge in [-0.05, 0) is 11.1 Å². The number of hydrogen-bond donors (Lipinski definition) is 1. The zero-order chi connectivity index (χ0) is 16.8. The van der Waals surface area contributed by atoms with E-state index in [0.717, 1.165) is 11.1 Å². The second-order valence-corrected chi connectivity index (χ2v) is 5.90. The van der Waals surface area contributed by atoms with Gasteiger partial charge in [-0.25, -0.2) is 4.79 Å².